The van der Waals surface area contributed by atoms with Crippen LogP contribution in [0.1, 0.15) is 39.5 Å². The summed E-state index contributed by atoms with van der Waals surface area (Å²) in [7, 11) is 1.56. The highest BCUT2D eigenvalue weighted by atomic mass is 16.5. The van der Waals surface area contributed by atoms with E-state index in [1.165, 1.54) is 0 Å². The highest BCUT2D eigenvalue weighted by Gasteiger charge is 2.16. The molecule has 140 valence electrons. The topological polar surface area (TPSA) is 65.1 Å². The Bertz CT molecular complexity index is 532. The largest absolute Gasteiger partial charge is 0.493 e. The molecule has 0 aliphatic carbocycles. The van der Waals surface area contributed by atoms with Gasteiger partial charge in [0.2, 0.25) is 0 Å². The quantitative estimate of drug-likeness (QED) is 0.428. The van der Waals surface area contributed by atoms with Gasteiger partial charge in [-0.3, -0.25) is 9.59 Å². The average molecular weight is 351 g/mol. The van der Waals surface area contributed by atoms with Gasteiger partial charge in [0.15, 0.2) is 18.1 Å². The summed E-state index contributed by atoms with van der Waals surface area (Å²) in [6.07, 6.45) is 3.20. The normalized spacial score (nSPS) is 10.2. The van der Waals surface area contributed by atoms with Crippen molar-refractivity contribution in [3.8, 4) is 11.5 Å². The first-order valence-electron chi connectivity index (χ1n) is 8.81. The molecule has 0 heterocycles. The minimum absolute atomic E-state index is 0.0880. The van der Waals surface area contributed by atoms with E-state index in [1.54, 1.807) is 31.1 Å². The van der Waals surface area contributed by atoms with Crippen LogP contribution in [0.2, 0.25) is 0 Å². The van der Waals surface area contributed by atoms with Crippen LogP contribution in [0.4, 0.5) is 0 Å². The SMILES string of the molecule is CCCCCN(CCC(=O)OCC)C(=O)COc1ccccc1OC. The number of hydrogen-bond donors (Lipinski definition) is 0. The summed E-state index contributed by atoms with van der Waals surface area (Å²) in [4.78, 5) is 25.7. The van der Waals surface area contributed by atoms with Crippen molar-refractivity contribution in [3.05, 3.63) is 24.3 Å². The Morgan fingerprint density at radius 3 is 2.40 bits per heavy atom. The van der Waals surface area contributed by atoms with E-state index in [1.807, 2.05) is 12.1 Å². The summed E-state index contributed by atoms with van der Waals surface area (Å²) in [5.74, 6) is 0.671. The zero-order valence-corrected chi connectivity index (χ0v) is 15.5. The maximum Gasteiger partial charge on any atom is 0.307 e. The van der Waals surface area contributed by atoms with Crippen LogP contribution in [0, 0.1) is 0 Å². The molecular weight excluding hydrogens is 322 g/mol. The van der Waals surface area contributed by atoms with Crippen LogP contribution in [0.25, 0.3) is 0 Å². The number of rotatable bonds is 12. The van der Waals surface area contributed by atoms with Gasteiger partial charge >= 0.3 is 5.97 Å². The van der Waals surface area contributed by atoms with E-state index in [-0.39, 0.29) is 24.9 Å². The number of carbonyl (C=O) groups excluding carboxylic acids is 2. The molecule has 0 fully saturated rings. The Balaban J connectivity index is 2.59. The fourth-order valence-electron chi connectivity index (χ4n) is 2.34. The summed E-state index contributed by atoms with van der Waals surface area (Å²) in [6, 6.07) is 7.19. The molecule has 25 heavy (non-hydrogen) atoms. The Morgan fingerprint density at radius 2 is 1.76 bits per heavy atom. The second kappa shape index (κ2) is 12.2. The van der Waals surface area contributed by atoms with Gasteiger partial charge in [0.25, 0.3) is 5.91 Å². The summed E-state index contributed by atoms with van der Waals surface area (Å²) >= 11 is 0. The molecular formula is C19H29NO5. The summed E-state index contributed by atoms with van der Waals surface area (Å²) in [5.41, 5.74) is 0. The summed E-state index contributed by atoms with van der Waals surface area (Å²) < 4.78 is 15.7. The van der Waals surface area contributed by atoms with Crippen LogP contribution in [0.3, 0.4) is 0 Å². The number of methoxy groups -OCH3 is 1. The van der Waals surface area contributed by atoms with Crippen molar-refractivity contribution in [1.82, 2.24) is 4.90 Å². The number of hydrogen-bond acceptors (Lipinski definition) is 5. The zero-order valence-electron chi connectivity index (χ0n) is 15.5. The van der Waals surface area contributed by atoms with Crippen molar-refractivity contribution in [1.29, 1.82) is 0 Å². The fraction of sp³-hybridized carbons (Fsp3) is 0.579. The monoisotopic (exact) mass is 351 g/mol. The number of nitrogens with zero attached hydrogens (tertiary/aromatic N) is 1. The second-order valence-electron chi connectivity index (χ2n) is 5.58. The number of ether oxygens (including phenoxy) is 3. The Morgan fingerprint density at radius 1 is 1.04 bits per heavy atom. The molecule has 6 nitrogen and oxygen atoms in total. The molecule has 0 saturated heterocycles. The van der Waals surface area contributed by atoms with E-state index >= 15 is 0 Å². The van der Waals surface area contributed by atoms with Gasteiger partial charge in [0.05, 0.1) is 20.1 Å². The van der Waals surface area contributed by atoms with E-state index in [9.17, 15) is 9.59 Å². The smallest absolute Gasteiger partial charge is 0.307 e. The third-order valence-corrected chi connectivity index (χ3v) is 3.70. The Hall–Kier alpha value is -2.24. The molecule has 0 N–H and O–H groups in total. The first kappa shape index (κ1) is 20.8. The molecule has 1 amide bonds. The van der Waals surface area contributed by atoms with Crippen molar-refractivity contribution in [2.75, 3.05) is 33.4 Å². The number of amides is 1. The molecule has 1 aromatic carbocycles. The van der Waals surface area contributed by atoms with E-state index in [4.69, 9.17) is 14.2 Å². The molecule has 0 radical (unpaired) electrons. The minimum atomic E-state index is -0.290. The fourth-order valence-corrected chi connectivity index (χ4v) is 2.34. The molecule has 0 spiro atoms. The van der Waals surface area contributed by atoms with Gasteiger partial charge in [0.1, 0.15) is 0 Å². The molecule has 0 aliphatic heterocycles. The predicted octanol–water partition coefficient (Wildman–Crippen LogP) is 3.05. The van der Waals surface area contributed by atoms with E-state index < -0.39 is 0 Å². The van der Waals surface area contributed by atoms with Crippen LogP contribution in [0.5, 0.6) is 11.5 Å². The van der Waals surface area contributed by atoms with Gasteiger partial charge in [-0.2, -0.15) is 0 Å². The van der Waals surface area contributed by atoms with Crippen molar-refractivity contribution < 1.29 is 23.8 Å². The molecule has 1 rings (SSSR count). The van der Waals surface area contributed by atoms with E-state index in [2.05, 4.69) is 6.92 Å². The number of esters is 1. The van der Waals surface area contributed by atoms with Gasteiger partial charge < -0.3 is 19.1 Å². The number of benzene rings is 1. The van der Waals surface area contributed by atoms with Crippen LogP contribution >= 0.6 is 0 Å². The van der Waals surface area contributed by atoms with Crippen molar-refractivity contribution >= 4 is 11.9 Å². The minimum Gasteiger partial charge on any atom is -0.493 e. The average Bonchev–Trinajstić information content (AvgIpc) is 2.63. The van der Waals surface area contributed by atoms with Crippen molar-refractivity contribution in [3.63, 3.8) is 0 Å². The lowest BCUT2D eigenvalue weighted by atomic mass is 10.2. The third-order valence-electron chi connectivity index (χ3n) is 3.70. The van der Waals surface area contributed by atoms with Crippen LogP contribution in [0.15, 0.2) is 24.3 Å². The Kier molecular flexibility index (Phi) is 10.1. The first-order valence-corrected chi connectivity index (χ1v) is 8.81. The van der Waals surface area contributed by atoms with Crippen LogP contribution in [-0.4, -0.2) is 50.2 Å². The van der Waals surface area contributed by atoms with Crippen LogP contribution < -0.4 is 9.47 Å². The molecule has 0 aromatic heterocycles. The van der Waals surface area contributed by atoms with Crippen LogP contribution in [-0.2, 0) is 14.3 Å². The second-order valence-corrected chi connectivity index (χ2v) is 5.58. The molecule has 0 aliphatic rings. The molecule has 0 bridgehead atoms. The van der Waals surface area contributed by atoms with Crippen molar-refractivity contribution in [2.24, 2.45) is 0 Å². The highest BCUT2D eigenvalue weighted by molar-refractivity contribution is 5.78. The molecule has 0 unspecified atom stereocenters. The predicted molar refractivity (Wildman–Crippen MR) is 95.8 cm³/mol. The number of unbranched alkanes of at least 4 members (excludes halogenated alkanes) is 2. The lowest BCUT2D eigenvalue weighted by molar-refractivity contribution is -0.144. The van der Waals surface area contributed by atoms with Gasteiger partial charge in [-0.25, -0.2) is 0 Å². The molecule has 0 saturated carbocycles. The van der Waals surface area contributed by atoms with Crippen molar-refractivity contribution in [2.45, 2.75) is 39.5 Å². The maximum absolute atomic E-state index is 12.5. The molecule has 6 heteroatoms. The Labute approximate surface area is 150 Å². The van der Waals surface area contributed by atoms with E-state index in [0.717, 1.165) is 19.3 Å². The zero-order chi connectivity index (χ0) is 18.5. The van der Waals surface area contributed by atoms with Gasteiger partial charge in [0, 0.05) is 13.1 Å². The van der Waals surface area contributed by atoms with Gasteiger partial charge in [-0.1, -0.05) is 31.9 Å². The number of para-hydroxylation sites is 2. The number of carbonyl (C=O) groups is 2. The molecule has 1 aromatic rings. The maximum atomic E-state index is 12.5. The highest BCUT2D eigenvalue weighted by Crippen LogP contribution is 2.25. The lowest BCUT2D eigenvalue weighted by Crippen LogP contribution is -2.37. The first-order chi connectivity index (χ1) is 12.1. The lowest BCUT2D eigenvalue weighted by Gasteiger charge is -2.22. The van der Waals surface area contributed by atoms with E-state index in [0.29, 0.717) is 31.2 Å². The molecule has 0 atom stereocenters. The van der Waals surface area contributed by atoms with Gasteiger partial charge in [-0.05, 0) is 25.5 Å². The summed E-state index contributed by atoms with van der Waals surface area (Å²) in [6.45, 7) is 5.09. The summed E-state index contributed by atoms with van der Waals surface area (Å²) in [5, 5.41) is 0. The van der Waals surface area contributed by atoms with Gasteiger partial charge in [-0.15, -0.1) is 0 Å². The third kappa shape index (κ3) is 7.92. The standard InChI is InChI=1S/C19H29NO5/c1-4-6-9-13-20(14-12-19(22)24-5-2)18(21)15-25-17-11-8-7-10-16(17)23-3/h7-8,10-11H,4-6,9,12-15H2,1-3H3.